The standard InChI is InChI=1S/C19H27N3O2S3/c1-14(2)19-21-15(13-26-19)12-25-18-10-9-17(11-20-18)27(23,24)22(3)16-7-5-4-6-8-16/h9-11,13-14,16H,4-8,12H2,1-3H3. The number of hydrogen-bond donors (Lipinski definition) is 0. The summed E-state index contributed by atoms with van der Waals surface area (Å²) in [6, 6.07) is 3.57. The molecular weight excluding hydrogens is 398 g/mol. The molecule has 0 atom stereocenters. The number of thiazole rings is 1. The molecule has 1 fully saturated rings. The van der Waals surface area contributed by atoms with Crippen molar-refractivity contribution in [3.05, 3.63) is 34.4 Å². The minimum Gasteiger partial charge on any atom is -0.249 e. The Hall–Kier alpha value is -0.960. The second-order valence-electron chi connectivity index (χ2n) is 7.27. The highest BCUT2D eigenvalue weighted by molar-refractivity contribution is 7.98. The van der Waals surface area contributed by atoms with Crippen molar-refractivity contribution in [1.29, 1.82) is 0 Å². The summed E-state index contributed by atoms with van der Waals surface area (Å²) in [6.45, 7) is 4.28. The molecule has 0 N–H and O–H groups in total. The van der Waals surface area contributed by atoms with Gasteiger partial charge in [-0.3, -0.25) is 0 Å². The average Bonchev–Trinajstić information content (AvgIpc) is 3.16. The van der Waals surface area contributed by atoms with Crippen molar-refractivity contribution in [1.82, 2.24) is 14.3 Å². The third-order valence-corrected chi connectivity index (χ3v) is 8.97. The Morgan fingerprint density at radius 2 is 2.00 bits per heavy atom. The summed E-state index contributed by atoms with van der Waals surface area (Å²) in [7, 11) is -1.78. The van der Waals surface area contributed by atoms with Gasteiger partial charge in [-0.15, -0.1) is 23.1 Å². The van der Waals surface area contributed by atoms with Crippen molar-refractivity contribution in [3.63, 3.8) is 0 Å². The van der Waals surface area contributed by atoms with Crippen LogP contribution in [-0.4, -0.2) is 35.8 Å². The van der Waals surface area contributed by atoms with Crippen LogP contribution in [0.15, 0.2) is 33.6 Å². The van der Waals surface area contributed by atoms with Gasteiger partial charge >= 0.3 is 0 Å². The zero-order valence-electron chi connectivity index (χ0n) is 16.1. The summed E-state index contributed by atoms with van der Waals surface area (Å²) >= 11 is 3.26. The van der Waals surface area contributed by atoms with Crippen molar-refractivity contribution in [2.45, 2.75) is 73.6 Å². The molecule has 0 spiro atoms. The summed E-state index contributed by atoms with van der Waals surface area (Å²) in [4.78, 5) is 9.26. The van der Waals surface area contributed by atoms with E-state index >= 15 is 0 Å². The minimum absolute atomic E-state index is 0.109. The first kappa shape index (κ1) is 20.8. The maximum Gasteiger partial charge on any atom is 0.244 e. The molecule has 1 aliphatic carbocycles. The monoisotopic (exact) mass is 425 g/mol. The Morgan fingerprint density at radius 3 is 2.59 bits per heavy atom. The molecule has 5 nitrogen and oxygen atoms in total. The SMILES string of the molecule is CC(C)c1nc(CSc2ccc(S(=O)(=O)N(C)C3CCCCC3)cn2)cs1. The lowest BCUT2D eigenvalue weighted by Gasteiger charge is -2.30. The van der Waals surface area contributed by atoms with Gasteiger partial charge in [-0.2, -0.15) is 4.31 Å². The molecule has 0 bridgehead atoms. The molecule has 2 aromatic heterocycles. The molecule has 0 aliphatic heterocycles. The highest BCUT2D eigenvalue weighted by Gasteiger charge is 2.29. The van der Waals surface area contributed by atoms with E-state index in [-0.39, 0.29) is 10.9 Å². The molecule has 1 aliphatic rings. The van der Waals surface area contributed by atoms with Crippen LogP contribution >= 0.6 is 23.1 Å². The summed E-state index contributed by atoms with van der Waals surface area (Å²) in [5.74, 6) is 1.18. The minimum atomic E-state index is -3.48. The molecule has 0 saturated heterocycles. The van der Waals surface area contributed by atoms with E-state index < -0.39 is 10.0 Å². The largest absolute Gasteiger partial charge is 0.249 e. The highest BCUT2D eigenvalue weighted by Crippen LogP contribution is 2.28. The fourth-order valence-electron chi connectivity index (χ4n) is 3.21. The number of sulfonamides is 1. The van der Waals surface area contributed by atoms with Crippen molar-refractivity contribution in [2.75, 3.05) is 7.05 Å². The number of rotatable bonds is 7. The zero-order valence-corrected chi connectivity index (χ0v) is 18.5. The van der Waals surface area contributed by atoms with Crippen molar-refractivity contribution < 1.29 is 8.42 Å². The normalized spacial score (nSPS) is 16.3. The molecule has 2 heterocycles. The van der Waals surface area contributed by atoms with E-state index in [4.69, 9.17) is 0 Å². The molecule has 27 heavy (non-hydrogen) atoms. The van der Waals surface area contributed by atoms with Crippen LogP contribution in [0, 0.1) is 0 Å². The second-order valence-corrected chi connectivity index (χ2v) is 11.1. The van der Waals surface area contributed by atoms with Crippen LogP contribution in [0.4, 0.5) is 0 Å². The third-order valence-electron chi connectivity index (χ3n) is 4.91. The Kier molecular flexibility index (Phi) is 6.94. The smallest absolute Gasteiger partial charge is 0.244 e. The van der Waals surface area contributed by atoms with Crippen molar-refractivity contribution >= 4 is 33.1 Å². The summed E-state index contributed by atoms with van der Waals surface area (Å²) in [5, 5.41) is 4.04. The molecule has 0 amide bonds. The summed E-state index contributed by atoms with van der Waals surface area (Å²) in [6.07, 6.45) is 6.79. The van der Waals surface area contributed by atoms with E-state index in [1.807, 2.05) is 0 Å². The first-order valence-electron chi connectivity index (χ1n) is 9.39. The van der Waals surface area contributed by atoms with Gasteiger partial charge in [-0.1, -0.05) is 33.1 Å². The van der Waals surface area contributed by atoms with Crippen LogP contribution in [0.3, 0.4) is 0 Å². The Labute approximate surface area is 170 Å². The molecule has 2 aromatic rings. The van der Waals surface area contributed by atoms with Gasteiger partial charge in [-0.25, -0.2) is 18.4 Å². The van der Waals surface area contributed by atoms with Gasteiger partial charge in [0.05, 0.1) is 15.7 Å². The van der Waals surface area contributed by atoms with Gasteiger partial charge in [0.1, 0.15) is 4.90 Å². The highest BCUT2D eigenvalue weighted by atomic mass is 32.2. The van der Waals surface area contributed by atoms with E-state index in [9.17, 15) is 8.42 Å². The molecule has 1 saturated carbocycles. The number of thioether (sulfide) groups is 1. The topological polar surface area (TPSA) is 63.2 Å². The lowest BCUT2D eigenvalue weighted by Crippen LogP contribution is -2.38. The molecule has 0 radical (unpaired) electrons. The van der Waals surface area contributed by atoms with Gasteiger partial charge in [0.25, 0.3) is 0 Å². The molecule has 148 valence electrons. The quantitative estimate of drug-likeness (QED) is 0.590. The average molecular weight is 426 g/mol. The Bertz CT molecular complexity index is 841. The van der Waals surface area contributed by atoms with E-state index in [1.54, 1.807) is 46.6 Å². The number of pyridine rings is 1. The fraction of sp³-hybridized carbons (Fsp3) is 0.579. The van der Waals surface area contributed by atoms with Crippen LogP contribution in [0.1, 0.15) is 62.6 Å². The molecular formula is C19H27N3O2S3. The lowest BCUT2D eigenvalue weighted by atomic mass is 9.96. The van der Waals surface area contributed by atoms with E-state index in [2.05, 4.69) is 29.2 Å². The van der Waals surface area contributed by atoms with Gasteiger partial charge in [0.15, 0.2) is 0 Å². The van der Waals surface area contributed by atoms with Crippen molar-refractivity contribution in [3.8, 4) is 0 Å². The summed E-state index contributed by atoms with van der Waals surface area (Å²) in [5.41, 5.74) is 1.05. The number of nitrogens with zero attached hydrogens (tertiary/aromatic N) is 3. The molecule has 0 aromatic carbocycles. The van der Waals surface area contributed by atoms with E-state index in [1.165, 1.54) is 12.6 Å². The van der Waals surface area contributed by atoms with Gasteiger partial charge in [0.2, 0.25) is 10.0 Å². The van der Waals surface area contributed by atoms with Gasteiger partial charge < -0.3 is 0 Å². The maximum absolute atomic E-state index is 12.9. The molecule has 0 unspecified atom stereocenters. The zero-order chi connectivity index (χ0) is 19.4. The first-order chi connectivity index (χ1) is 12.9. The lowest BCUT2D eigenvalue weighted by molar-refractivity contribution is 0.285. The molecule has 3 rings (SSSR count). The third kappa shape index (κ3) is 5.10. The summed E-state index contributed by atoms with van der Waals surface area (Å²) < 4.78 is 27.3. The first-order valence-corrected chi connectivity index (χ1v) is 12.7. The predicted octanol–water partition coefficient (Wildman–Crippen LogP) is 4.91. The van der Waals surface area contributed by atoms with Crippen LogP contribution in [-0.2, 0) is 15.8 Å². The van der Waals surface area contributed by atoms with Gasteiger partial charge in [-0.05, 0) is 25.0 Å². The van der Waals surface area contributed by atoms with Crippen LogP contribution in [0.25, 0.3) is 0 Å². The molecule has 8 heteroatoms. The number of aromatic nitrogens is 2. The van der Waals surface area contributed by atoms with E-state index in [0.29, 0.717) is 5.92 Å². The van der Waals surface area contributed by atoms with Crippen LogP contribution in [0.5, 0.6) is 0 Å². The van der Waals surface area contributed by atoms with Crippen LogP contribution in [0.2, 0.25) is 0 Å². The Morgan fingerprint density at radius 1 is 1.26 bits per heavy atom. The van der Waals surface area contributed by atoms with Gasteiger partial charge in [0, 0.05) is 36.3 Å². The maximum atomic E-state index is 12.9. The van der Waals surface area contributed by atoms with Crippen molar-refractivity contribution in [2.24, 2.45) is 0 Å². The number of hydrogen-bond acceptors (Lipinski definition) is 6. The fourth-order valence-corrected chi connectivity index (χ4v) is 6.25. The predicted molar refractivity (Wildman–Crippen MR) is 112 cm³/mol. The van der Waals surface area contributed by atoms with E-state index in [0.717, 1.165) is 47.2 Å². The second kappa shape index (κ2) is 9.03. The van der Waals surface area contributed by atoms with Crippen LogP contribution < -0.4 is 0 Å². The Balaban J connectivity index is 1.63.